The molecule has 0 aromatic heterocycles. The maximum absolute atomic E-state index is 5.77. The minimum Gasteiger partial charge on any atom is -0.402 e. The topological polar surface area (TPSA) is 26.0 Å². The van der Waals surface area contributed by atoms with Crippen LogP contribution in [0.5, 0.6) is 0 Å². The van der Waals surface area contributed by atoms with Crippen LogP contribution in [0.4, 0.5) is 0 Å². The van der Waals surface area contributed by atoms with Gasteiger partial charge in [-0.15, -0.1) is 0 Å². The Balaban J connectivity index is 2.01. The molecule has 0 spiro atoms. The average molecular weight is 215 g/mol. The summed E-state index contributed by atoms with van der Waals surface area (Å²) in [4.78, 5) is 0. The van der Waals surface area contributed by atoms with E-state index in [2.05, 4.69) is 31.2 Å². The fraction of sp³-hybridized carbons (Fsp3) is 0.467. The molecule has 0 saturated heterocycles. The van der Waals surface area contributed by atoms with E-state index in [9.17, 15) is 0 Å². The Labute approximate surface area is 98.4 Å². The first-order valence-electron chi connectivity index (χ1n) is 6.33. The van der Waals surface area contributed by atoms with E-state index in [1.165, 1.54) is 30.4 Å². The van der Waals surface area contributed by atoms with E-state index in [1.807, 2.05) is 6.08 Å². The number of hydrogen-bond acceptors (Lipinski definition) is 1. The highest BCUT2D eigenvalue weighted by atomic mass is 14.6. The van der Waals surface area contributed by atoms with Gasteiger partial charge in [0.25, 0.3) is 0 Å². The second kappa shape index (κ2) is 5.20. The van der Waals surface area contributed by atoms with E-state index in [4.69, 9.17) is 5.73 Å². The Morgan fingerprint density at radius 1 is 1.31 bits per heavy atom. The SMILES string of the molecule is CCCC1C=CC(C2=CC=C(N)CC2)=CC1. The lowest BCUT2D eigenvalue weighted by molar-refractivity contribution is 0.582. The van der Waals surface area contributed by atoms with Gasteiger partial charge in [-0.25, -0.2) is 0 Å². The minimum absolute atomic E-state index is 0.763. The molecule has 2 N–H and O–H groups in total. The van der Waals surface area contributed by atoms with Crippen LogP contribution >= 0.6 is 0 Å². The normalized spacial score (nSPS) is 24.8. The zero-order valence-electron chi connectivity index (χ0n) is 10.1. The molecular weight excluding hydrogens is 194 g/mol. The third-order valence-electron chi connectivity index (χ3n) is 3.40. The molecule has 16 heavy (non-hydrogen) atoms. The molecule has 1 atom stereocenters. The van der Waals surface area contributed by atoms with Gasteiger partial charge in [-0.2, -0.15) is 0 Å². The molecule has 1 heteroatoms. The summed E-state index contributed by atoms with van der Waals surface area (Å²) in [6.07, 6.45) is 17.2. The quantitative estimate of drug-likeness (QED) is 0.760. The van der Waals surface area contributed by atoms with Crippen molar-refractivity contribution in [1.29, 1.82) is 0 Å². The van der Waals surface area contributed by atoms with Crippen molar-refractivity contribution in [1.82, 2.24) is 0 Å². The molecule has 0 aromatic rings. The van der Waals surface area contributed by atoms with Crippen molar-refractivity contribution in [3.63, 3.8) is 0 Å². The third kappa shape index (κ3) is 2.66. The largest absolute Gasteiger partial charge is 0.402 e. The summed E-state index contributed by atoms with van der Waals surface area (Å²) < 4.78 is 0. The van der Waals surface area contributed by atoms with Gasteiger partial charge in [0.15, 0.2) is 0 Å². The molecule has 1 nitrogen and oxygen atoms in total. The molecule has 2 aliphatic carbocycles. The Morgan fingerprint density at radius 3 is 2.75 bits per heavy atom. The van der Waals surface area contributed by atoms with Crippen molar-refractivity contribution in [3.8, 4) is 0 Å². The molecule has 0 aromatic carbocycles. The molecule has 86 valence electrons. The lowest BCUT2D eigenvalue weighted by atomic mass is 9.87. The van der Waals surface area contributed by atoms with E-state index in [-0.39, 0.29) is 0 Å². The molecule has 0 bridgehead atoms. The lowest BCUT2D eigenvalue weighted by Gasteiger charge is -2.19. The van der Waals surface area contributed by atoms with Gasteiger partial charge in [-0.3, -0.25) is 0 Å². The van der Waals surface area contributed by atoms with Crippen LogP contribution in [0.25, 0.3) is 0 Å². The van der Waals surface area contributed by atoms with Crippen LogP contribution < -0.4 is 5.73 Å². The first-order valence-corrected chi connectivity index (χ1v) is 6.33. The van der Waals surface area contributed by atoms with Gasteiger partial charge in [0.1, 0.15) is 0 Å². The highest BCUT2D eigenvalue weighted by Crippen LogP contribution is 2.28. The van der Waals surface area contributed by atoms with Crippen molar-refractivity contribution in [3.05, 3.63) is 47.2 Å². The van der Waals surface area contributed by atoms with Crippen LogP contribution in [-0.4, -0.2) is 0 Å². The molecule has 0 radical (unpaired) electrons. The van der Waals surface area contributed by atoms with Crippen LogP contribution in [0.3, 0.4) is 0 Å². The number of hydrogen-bond donors (Lipinski definition) is 1. The van der Waals surface area contributed by atoms with E-state index in [0.717, 1.165) is 24.5 Å². The molecule has 0 saturated carbocycles. The second-order valence-electron chi connectivity index (χ2n) is 4.74. The smallest absolute Gasteiger partial charge is 0.00839 e. The van der Waals surface area contributed by atoms with Gasteiger partial charge >= 0.3 is 0 Å². The molecule has 0 aliphatic heterocycles. The lowest BCUT2D eigenvalue weighted by Crippen LogP contribution is -2.05. The van der Waals surface area contributed by atoms with Gasteiger partial charge < -0.3 is 5.73 Å². The summed E-state index contributed by atoms with van der Waals surface area (Å²) in [6.45, 7) is 2.25. The zero-order valence-corrected chi connectivity index (χ0v) is 10.1. The highest BCUT2D eigenvalue weighted by Gasteiger charge is 2.12. The first-order chi connectivity index (χ1) is 7.79. The van der Waals surface area contributed by atoms with Crippen LogP contribution in [0.1, 0.15) is 39.0 Å². The van der Waals surface area contributed by atoms with Crippen molar-refractivity contribution in [2.45, 2.75) is 39.0 Å². The fourth-order valence-electron chi connectivity index (χ4n) is 2.38. The Bertz CT molecular complexity index is 369. The summed E-state index contributed by atoms with van der Waals surface area (Å²) in [7, 11) is 0. The van der Waals surface area contributed by atoms with Crippen molar-refractivity contribution in [2.24, 2.45) is 11.7 Å². The maximum atomic E-state index is 5.77. The Kier molecular flexibility index (Phi) is 3.66. The zero-order chi connectivity index (χ0) is 11.4. The van der Waals surface area contributed by atoms with E-state index in [0.29, 0.717) is 0 Å². The van der Waals surface area contributed by atoms with E-state index < -0.39 is 0 Å². The maximum Gasteiger partial charge on any atom is 0.00839 e. The standard InChI is InChI=1S/C15H21N/c1-2-3-12-4-6-13(7-5-12)14-8-10-15(16)11-9-14/h4,6-8,10,12H,2-3,5,9,11,16H2,1H3. The second-order valence-corrected chi connectivity index (χ2v) is 4.74. The summed E-state index contributed by atoms with van der Waals surface area (Å²) in [5.41, 5.74) is 9.63. The molecular formula is C15H21N. The molecule has 1 unspecified atom stereocenters. The van der Waals surface area contributed by atoms with E-state index in [1.54, 1.807) is 0 Å². The van der Waals surface area contributed by atoms with Gasteiger partial charge in [0.05, 0.1) is 0 Å². The highest BCUT2D eigenvalue weighted by molar-refractivity contribution is 5.45. The predicted octanol–water partition coefficient (Wildman–Crippen LogP) is 3.85. The van der Waals surface area contributed by atoms with Crippen LogP contribution in [0, 0.1) is 5.92 Å². The number of nitrogens with two attached hydrogens (primary N) is 1. The summed E-state index contributed by atoms with van der Waals surface area (Å²) >= 11 is 0. The van der Waals surface area contributed by atoms with Crippen molar-refractivity contribution in [2.75, 3.05) is 0 Å². The van der Waals surface area contributed by atoms with Crippen molar-refractivity contribution < 1.29 is 0 Å². The van der Waals surface area contributed by atoms with Gasteiger partial charge in [-0.05, 0) is 48.8 Å². The Morgan fingerprint density at radius 2 is 2.19 bits per heavy atom. The third-order valence-corrected chi connectivity index (χ3v) is 3.40. The van der Waals surface area contributed by atoms with Gasteiger partial charge in [0.2, 0.25) is 0 Å². The number of allylic oxidation sites excluding steroid dienone is 8. The predicted molar refractivity (Wildman–Crippen MR) is 69.8 cm³/mol. The molecule has 0 fully saturated rings. The summed E-state index contributed by atoms with van der Waals surface area (Å²) in [6, 6.07) is 0. The van der Waals surface area contributed by atoms with Gasteiger partial charge in [-0.1, -0.05) is 37.6 Å². The minimum atomic E-state index is 0.763. The van der Waals surface area contributed by atoms with Crippen LogP contribution in [0.15, 0.2) is 47.2 Å². The van der Waals surface area contributed by atoms with Crippen molar-refractivity contribution >= 4 is 0 Å². The van der Waals surface area contributed by atoms with Crippen LogP contribution in [-0.2, 0) is 0 Å². The average Bonchev–Trinajstić information content (AvgIpc) is 2.32. The molecule has 2 rings (SSSR count). The molecule has 0 amide bonds. The summed E-state index contributed by atoms with van der Waals surface area (Å²) in [5.74, 6) is 0.763. The monoisotopic (exact) mass is 215 g/mol. The number of rotatable bonds is 3. The van der Waals surface area contributed by atoms with Gasteiger partial charge in [0, 0.05) is 5.70 Å². The first kappa shape index (κ1) is 11.3. The van der Waals surface area contributed by atoms with E-state index >= 15 is 0 Å². The molecule has 2 aliphatic rings. The Hall–Kier alpha value is -1.24. The summed E-state index contributed by atoms with van der Waals surface area (Å²) in [5, 5.41) is 0. The van der Waals surface area contributed by atoms with Crippen LogP contribution in [0.2, 0.25) is 0 Å². The fourth-order valence-corrected chi connectivity index (χ4v) is 2.38. The molecule has 0 heterocycles.